The SMILES string of the molecule is CCOCCOc1cccc(C(=O)NC(=S)Nc2cccc(NC(=O)C(C)(C)C)c2)c1. The van der Waals surface area contributed by atoms with Crippen molar-refractivity contribution in [2.45, 2.75) is 27.7 Å². The van der Waals surface area contributed by atoms with Crippen molar-refractivity contribution in [1.82, 2.24) is 5.32 Å². The highest BCUT2D eigenvalue weighted by Crippen LogP contribution is 2.20. The van der Waals surface area contributed by atoms with Gasteiger partial charge in [-0.2, -0.15) is 0 Å². The summed E-state index contributed by atoms with van der Waals surface area (Å²) in [6.07, 6.45) is 0. The normalized spacial score (nSPS) is 10.8. The molecule has 2 aromatic rings. The monoisotopic (exact) mass is 443 g/mol. The van der Waals surface area contributed by atoms with Crippen LogP contribution in [0.3, 0.4) is 0 Å². The van der Waals surface area contributed by atoms with Crippen LogP contribution in [0.15, 0.2) is 48.5 Å². The lowest BCUT2D eigenvalue weighted by molar-refractivity contribution is -0.123. The second-order valence-corrected chi connectivity index (χ2v) is 8.17. The van der Waals surface area contributed by atoms with E-state index in [1.54, 1.807) is 48.5 Å². The molecule has 0 fully saturated rings. The van der Waals surface area contributed by atoms with Crippen molar-refractivity contribution in [1.29, 1.82) is 0 Å². The summed E-state index contributed by atoms with van der Waals surface area (Å²) >= 11 is 5.26. The molecule has 0 saturated heterocycles. The predicted octanol–water partition coefficient (Wildman–Crippen LogP) is 4.21. The number of rotatable bonds is 8. The van der Waals surface area contributed by atoms with E-state index in [1.807, 2.05) is 27.7 Å². The first-order valence-corrected chi connectivity index (χ1v) is 10.4. The first kappa shape index (κ1) is 24.3. The Morgan fingerprint density at radius 1 is 0.968 bits per heavy atom. The summed E-state index contributed by atoms with van der Waals surface area (Å²) in [6, 6.07) is 13.9. The fourth-order valence-electron chi connectivity index (χ4n) is 2.42. The van der Waals surface area contributed by atoms with Gasteiger partial charge in [0.05, 0.1) is 6.61 Å². The van der Waals surface area contributed by atoms with Crippen molar-refractivity contribution in [3.8, 4) is 5.75 Å². The first-order valence-electron chi connectivity index (χ1n) is 10.0. The summed E-state index contributed by atoms with van der Waals surface area (Å²) < 4.78 is 10.8. The Kier molecular flexibility index (Phi) is 8.96. The molecular weight excluding hydrogens is 414 g/mol. The summed E-state index contributed by atoms with van der Waals surface area (Å²) in [5.41, 5.74) is 1.19. The zero-order valence-corrected chi connectivity index (χ0v) is 19.1. The molecule has 0 aliphatic carbocycles. The van der Waals surface area contributed by atoms with Crippen LogP contribution in [0, 0.1) is 5.41 Å². The van der Waals surface area contributed by atoms with E-state index in [0.29, 0.717) is 42.5 Å². The van der Waals surface area contributed by atoms with Crippen molar-refractivity contribution in [2.75, 3.05) is 30.5 Å². The molecular formula is C23H29N3O4S. The first-order chi connectivity index (χ1) is 14.7. The summed E-state index contributed by atoms with van der Waals surface area (Å²) in [5.74, 6) is 0.127. The maximum atomic E-state index is 12.5. The molecule has 0 atom stereocenters. The number of nitrogens with one attached hydrogen (secondary N) is 3. The van der Waals surface area contributed by atoms with Gasteiger partial charge in [0.2, 0.25) is 5.91 Å². The maximum absolute atomic E-state index is 12.5. The topological polar surface area (TPSA) is 88.7 Å². The fourth-order valence-corrected chi connectivity index (χ4v) is 2.63. The summed E-state index contributed by atoms with van der Waals surface area (Å²) in [6.45, 7) is 8.95. The van der Waals surface area contributed by atoms with Crippen LogP contribution in [0.2, 0.25) is 0 Å². The van der Waals surface area contributed by atoms with E-state index in [4.69, 9.17) is 21.7 Å². The molecule has 0 unspecified atom stereocenters. The molecule has 0 bridgehead atoms. The Bertz CT molecular complexity index is 925. The van der Waals surface area contributed by atoms with Gasteiger partial charge in [-0.3, -0.25) is 14.9 Å². The van der Waals surface area contributed by atoms with Gasteiger partial charge in [-0.25, -0.2) is 0 Å². The predicted molar refractivity (Wildman–Crippen MR) is 127 cm³/mol. The maximum Gasteiger partial charge on any atom is 0.257 e. The van der Waals surface area contributed by atoms with Gasteiger partial charge in [-0.1, -0.05) is 32.9 Å². The standard InChI is InChI=1S/C23H29N3O4S/c1-5-29-12-13-30-19-11-6-8-16(14-19)20(27)26-22(31)25-18-10-7-9-17(15-18)24-21(28)23(2,3)4/h6-11,14-15H,5,12-13H2,1-4H3,(H,24,28)(H2,25,26,27,31). The van der Waals surface area contributed by atoms with E-state index in [9.17, 15) is 9.59 Å². The Balaban J connectivity index is 1.93. The van der Waals surface area contributed by atoms with Crippen LogP contribution in [-0.4, -0.2) is 36.7 Å². The zero-order chi connectivity index (χ0) is 22.9. The zero-order valence-electron chi connectivity index (χ0n) is 18.3. The largest absolute Gasteiger partial charge is 0.491 e. The highest BCUT2D eigenvalue weighted by Gasteiger charge is 2.21. The lowest BCUT2D eigenvalue weighted by Crippen LogP contribution is -2.34. The van der Waals surface area contributed by atoms with Gasteiger partial charge in [0.1, 0.15) is 12.4 Å². The molecule has 2 rings (SSSR count). The Morgan fingerprint density at radius 2 is 1.65 bits per heavy atom. The van der Waals surface area contributed by atoms with E-state index in [2.05, 4.69) is 16.0 Å². The van der Waals surface area contributed by atoms with Crippen molar-refractivity contribution < 1.29 is 19.1 Å². The van der Waals surface area contributed by atoms with E-state index < -0.39 is 5.41 Å². The van der Waals surface area contributed by atoms with Gasteiger partial charge in [0.25, 0.3) is 5.91 Å². The van der Waals surface area contributed by atoms with Crippen molar-refractivity contribution in [3.05, 3.63) is 54.1 Å². The Morgan fingerprint density at radius 3 is 2.32 bits per heavy atom. The molecule has 2 amide bonds. The van der Waals surface area contributed by atoms with E-state index in [1.165, 1.54) is 0 Å². The number of benzene rings is 2. The van der Waals surface area contributed by atoms with E-state index >= 15 is 0 Å². The number of hydrogen-bond donors (Lipinski definition) is 3. The number of carbonyl (C=O) groups is 2. The molecule has 0 aliphatic heterocycles. The van der Waals surface area contributed by atoms with Crippen molar-refractivity contribution in [3.63, 3.8) is 0 Å². The lowest BCUT2D eigenvalue weighted by Gasteiger charge is -2.18. The van der Waals surface area contributed by atoms with Crippen LogP contribution in [0.5, 0.6) is 5.75 Å². The molecule has 0 radical (unpaired) electrons. The average molecular weight is 444 g/mol. The molecule has 166 valence electrons. The summed E-state index contributed by atoms with van der Waals surface area (Å²) in [5, 5.41) is 8.61. The number of ether oxygens (including phenoxy) is 2. The minimum atomic E-state index is -0.506. The minimum absolute atomic E-state index is 0.0936. The molecule has 0 spiro atoms. The number of thiocarbonyl (C=S) groups is 1. The number of hydrogen-bond acceptors (Lipinski definition) is 5. The van der Waals surface area contributed by atoms with Crippen molar-refractivity contribution >= 4 is 40.5 Å². The van der Waals surface area contributed by atoms with Gasteiger partial charge in [-0.05, 0) is 55.5 Å². The van der Waals surface area contributed by atoms with Crippen LogP contribution in [0.1, 0.15) is 38.1 Å². The van der Waals surface area contributed by atoms with E-state index in [-0.39, 0.29) is 16.9 Å². The molecule has 7 nitrogen and oxygen atoms in total. The van der Waals surface area contributed by atoms with Crippen LogP contribution in [0.4, 0.5) is 11.4 Å². The smallest absolute Gasteiger partial charge is 0.257 e. The molecule has 0 saturated carbocycles. The molecule has 2 aromatic carbocycles. The van der Waals surface area contributed by atoms with Crippen LogP contribution < -0.4 is 20.7 Å². The van der Waals surface area contributed by atoms with Crippen LogP contribution >= 0.6 is 12.2 Å². The van der Waals surface area contributed by atoms with Crippen molar-refractivity contribution in [2.24, 2.45) is 5.41 Å². The molecule has 31 heavy (non-hydrogen) atoms. The Hall–Kier alpha value is -2.97. The van der Waals surface area contributed by atoms with Gasteiger partial charge in [-0.15, -0.1) is 0 Å². The van der Waals surface area contributed by atoms with Gasteiger partial charge in [0, 0.05) is 29.0 Å². The number of amides is 2. The number of carbonyl (C=O) groups excluding carboxylic acids is 2. The second kappa shape index (κ2) is 11.4. The van der Waals surface area contributed by atoms with E-state index in [0.717, 1.165) is 0 Å². The average Bonchev–Trinajstić information content (AvgIpc) is 2.71. The van der Waals surface area contributed by atoms with Crippen LogP contribution in [-0.2, 0) is 9.53 Å². The molecule has 8 heteroatoms. The third kappa shape index (κ3) is 8.35. The highest BCUT2D eigenvalue weighted by atomic mass is 32.1. The Labute approximate surface area is 188 Å². The van der Waals surface area contributed by atoms with Gasteiger partial charge < -0.3 is 20.1 Å². The third-order valence-corrected chi connectivity index (χ3v) is 4.29. The van der Waals surface area contributed by atoms with Crippen LogP contribution in [0.25, 0.3) is 0 Å². The molecule has 0 aliphatic rings. The highest BCUT2D eigenvalue weighted by molar-refractivity contribution is 7.80. The quantitative estimate of drug-likeness (QED) is 0.418. The molecule has 0 heterocycles. The molecule has 3 N–H and O–H groups in total. The third-order valence-electron chi connectivity index (χ3n) is 4.08. The number of anilines is 2. The summed E-state index contributed by atoms with van der Waals surface area (Å²) in [7, 11) is 0. The lowest BCUT2D eigenvalue weighted by atomic mass is 9.95. The minimum Gasteiger partial charge on any atom is -0.491 e. The van der Waals surface area contributed by atoms with Gasteiger partial charge in [0.15, 0.2) is 5.11 Å². The second-order valence-electron chi connectivity index (χ2n) is 7.77. The summed E-state index contributed by atoms with van der Waals surface area (Å²) in [4.78, 5) is 24.7. The fraction of sp³-hybridized carbons (Fsp3) is 0.348. The molecule has 0 aromatic heterocycles. The van der Waals surface area contributed by atoms with Gasteiger partial charge >= 0.3 is 0 Å².